The number of anilines is 1. The third-order valence-corrected chi connectivity index (χ3v) is 7.31. The number of sulfonamides is 1. The van der Waals surface area contributed by atoms with Gasteiger partial charge in [0.25, 0.3) is 0 Å². The van der Waals surface area contributed by atoms with E-state index in [1.807, 2.05) is 0 Å². The summed E-state index contributed by atoms with van der Waals surface area (Å²) >= 11 is 6.09. The van der Waals surface area contributed by atoms with Crippen molar-refractivity contribution in [3.8, 4) is 17.2 Å². The van der Waals surface area contributed by atoms with E-state index in [1.165, 1.54) is 29.6 Å². The molecular weight excluding hydrogens is 432 g/mol. The zero-order chi connectivity index (χ0) is 21.3. The third kappa shape index (κ3) is 4.05. The van der Waals surface area contributed by atoms with Gasteiger partial charge < -0.3 is 19.5 Å². The van der Waals surface area contributed by atoms with Crippen LogP contribution >= 0.6 is 11.6 Å². The molecule has 0 spiro atoms. The van der Waals surface area contributed by atoms with Gasteiger partial charge in [-0.2, -0.15) is 4.31 Å². The highest BCUT2D eigenvalue weighted by molar-refractivity contribution is 7.89. The van der Waals surface area contributed by atoms with E-state index in [4.69, 9.17) is 25.8 Å². The number of piperidine rings is 1. The minimum absolute atomic E-state index is 0.0742. The monoisotopic (exact) mass is 452 g/mol. The van der Waals surface area contributed by atoms with Gasteiger partial charge in [0.2, 0.25) is 22.7 Å². The Hall–Kier alpha value is -2.49. The largest absolute Gasteiger partial charge is 0.495 e. The van der Waals surface area contributed by atoms with Crippen molar-refractivity contribution in [3.05, 3.63) is 41.4 Å². The summed E-state index contributed by atoms with van der Waals surface area (Å²) in [5.74, 6) is 0.891. The van der Waals surface area contributed by atoms with Crippen molar-refractivity contribution in [2.45, 2.75) is 17.7 Å². The van der Waals surface area contributed by atoms with E-state index in [-0.39, 0.29) is 29.2 Å². The average Bonchev–Trinajstić information content (AvgIpc) is 3.21. The molecule has 2 aromatic rings. The highest BCUT2D eigenvalue weighted by Crippen LogP contribution is 2.35. The molecule has 1 saturated heterocycles. The number of hydrogen-bond acceptors (Lipinski definition) is 6. The number of hydrogen-bond donors (Lipinski definition) is 1. The molecule has 30 heavy (non-hydrogen) atoms. The minimum Gasteiger partial charge on any atom is -0.495 e. The van der Waals surface area contributed by atoms with E-state index < -0.39 is 15.9 Å². The fraction of sp³-hybridized carbons (Fsp3) is 0.350. The van der Waals surface area contributed by atoms with Gasteiger partial charge in [0.05, 0.1) is 22.9 Å². The molecule has 160 valence electrons. The van der Waals surface area contributed by atoms with Gasteiger partial charge in [-0.05, 0) is 43.2 Å². The molecule has 8 nitrogen and oxygen atoms in total. The smallest absolute Gasteiger partial charge is 0.243 e. The summed E-state index contributed by atoms with van der Waals surface area (Å²) in [6, 6.07) is 9.48. The zero-order valence-corrected chi connectivity index (χ0v) is 17.8. The lowest BCUT2D eigenvalue weighted by Crippen LogP contribution is -2.43. The van der Waals surface area contributed by atoms with Gasteiger partial charge in [0, 0.05) is 24.8 Å². The highest BCUT2D eigenvalue weighted by atomic mass is 35.5. The van der Waals surface area contributed by atoms with Gasteiger partial charge in [-0.1, -0.05) is 11.6 Å². The van der Waals surface area contributed by atoms with Gasteiger partial charge >= 0.3 is 0 Å². The summed E-state index contributed by atoms with van der Waals surface area (Å²) in [5, 5.41) is 3.06. The van der Waals surface area contributed by atoms with Crippen molar-refractivity contribution in [3.63, 3.8) is 0 Å². The van der Waals surface area contributed by atoms with Crippen LogP contribution in [0.3, 0.4) is 0 Å². The molecule has 1 fully saturated rings. The van der Waals surface area contributed by atoms with Crippen LogP contribution in [0.2, 0.25) is 5.02 Å². The van der Waals surface area contributed by atoms with Crippen molar-refractivity contribution in [2.75, 3.05) is 32.3 Å². The Bertz CT molecular complexity index is 1070. The molecule has 1 amide bonds. The van der Waals surface area contributed by atoms with Crippen LogP contribution in [0.4, 0.5) is 5.69 Å². The first kappa shape index (κ1) is 20.8. The molecular formula is C20H21ClN2O6S. The number of rotatable bonds is 5. The number of amides is 1. The maximum Gasteiger partial charge on any atom is 0.243 e. The zero-order valence-electron chi connectivity index (χ0n) is 16.3. The molecule has 0 bridgehead atoms. The summed E-state index contributed by atoms with van der Waals surface area (Å²) in [7, 11) is -2.32. The first-order valence-corrected chi connectivity index (χ1v) is 11.2. The summed E-state index contributed by atoms with van der Waals surface area (Å²) in [5.41, 5.74) is 0.575. The van der Waals surface area contributed by atoms with Crippen LogP contribution in [0.15, 0.2) is 41.3 Å². The van der Waals surface area contributed by atoms with E-state index in [0.717, 1.165) is 0 Å². The molecule has 2 heterocycles. The maximum atomic E-state index is 13.1. The highest BCUT2D eigenvalue weighted by Gasteiger charge is 2.33. The number of fused-ring (bicyclic) bond motifs is 1. The van der Waals surface area contributed by atoms with Gasteiger partial charge in [-0.3, -0.25) is 4.79 Å². The molecule has 0 aromatic heterocycles. The Morgan fingerprint density at radius 1 is 1.20 bits per heavy atom. The lowest BCUT2D eigenvalue weighted by Gasteiger charge is -2.31. The number of nitrogens with zero attached hydrogens (tertiary/aromatic N) is 1. The second kappa shape index (κ2) is 8.33. The first-order valence-electron chi connectivity index (χ1n) is 9.42. The molecule has 1 N–H and O–H groups in total. The maximum absolute atomic E-state index is 13.1. The minimum atomic E-state index is -3.78. The molecule has 0 radical (unpaired) electrons. The molecule has 0 saturated carbocycles. The summed E-state index contributed by atoms with van der Waals surface area (Å²) in [4.78, 5) is 12.8. The van der Waals surface area contributed by atoms with Gasteiger partial charge in [0.1, 0.15) is 5.75 Å². The lowest BCUT2D eigenvalue weighted by atomic mass is 9.98. The van der Waals surface area contributed by atoms with Crippen LogP contribution in [0.5, 0.6) is 17.2 Å². The Balaban J connectivity index is 1.47. The fourth-order valence-corrected chi connectivity index (χ4v) is 5.42. The normalized spacial score (nSPS) is 18.8. The van der Waals surface area contributed by atoms with Crippen molar-refractivity contribution >= 4 is 33.2 Å². The number of carbonyl (C=O) groups is 1. The topological polar surface area (TPSA) is 94.2 Å². The Labute approximate surface area is 179 Å². The summed E-state index contributed by atoms with van der Waals surface area (Å²) in [6.07, 6.45) is 1.19. The van der Waals surface area contributed by atoms with Crippen LogP contribution in [0.25, 0.3) is 0 Å². The number of benzene rings is 2. The van der Waals surface area contributed by atoms with Gasteiger partial charge in [-0.15, -0.1) is 0 Å². The number of methoxy groups -OCH3 is 1. The van der Waals surface area contributed by atoms with E-state index in [2.05, 4.69) is 5.32 Å². The lowest BCUT2D eigenvalue weighted by molar-refractivity contribution is -0.120. The standard InChI is InChI=1S/C20H21ClN2O6S/c1-27-17-7-5-15(10-16(17)21)30(25,26)23-8-2-3-13(11-23)20(24)22-14-4-6-18-19(9-14)29-12-28-18/h4-7,9-10,13H,2-3,8,11-12H2,1H3,(H,22,24)/t13-/m1/s1. The number of carbonyl (C=O) groups excluding carboxylic acids is 1. The second-order valence-corrected chi connectivity index (χ2v) is 9.40. The van der Waals surface area contributed by atoms with E-state index in [1.54, 1.807) is 18.2 Å². The average molecular weight is 453 g/mol. The van der Waals surface area contributed by atoms with Crippen LogP contribution in [-0.2, 0) is 14.8 Å². The molecule has 1 atom stereocenters. The molecule has 0 aliphatic carbocycles. The van der Waals surface area contributed by atoms with E-state index >= 15 is 0 Å². The number of ether oxygens (including phenoxy) is 3. The fourth-order valence-electron chi connectivity index (χ4n) is 3.55. The molecule has 2 aromatic carbocycles. The quantitative estimate of drug-likeness (QED) is 0.749. The Morgan fingerprint density at radius 3 is 2.77 bits per heavy atom. The Kier molecular flexibility index (Phi) is 5.77. The molecule has 2 aliphatic rings. The van der Waals surface area contributed by atoms with Gasteiger partial charge in [-0.25, -0.2) is 8.42 Å². The van der Waals surface area contributed by atoms with Crippen LogP contribution in [0.1, 0.15) is 12.8 Å². The SMILES string of the molecule is COc1ccc(S(=O)(=O)N2CCC[C@@H](C(=O)Nc3ccc4c(c3)OCO4)C2)cc1Cl. The van der Waals surface area contributed by atoms with Crippen molar-refractivity contribution in [2.24, 2.45) is 5.92 Å². The number of nitrogens with one attached hydrogen (secondary N) is 1. The predicted octanol–water partition coefficient (Wildman–Crippen LogP) is 3.12. The van der Waals surface area contributed by atoms with Crippen molar-refractivity contribution in [1.82, 2.24) is 4.31 Å². The van der Waals surface area contributed by atoms with Crippen LogP contribution in [0, 0.1) is 5.92 Å². The van der Waals surface area contributed by atoms with Gasteiger partial charge in [0.15, 0.2) is 11.5 Å². The van der Waals surface area contributed by atoms with E-state index in [0.29, 0.717) is 42.3 Å². The third-order valence-electron chi connectivity index (χ3n) is 5.16. The summed E-state index contributed by atoms with van der Waals surface area (Å²) < 4.78 is 43.1. The second-order valence-electron chi connectivity index (χ2n) is 7.06. The van der Waals surface area contributed by atoms with Crippen LogP contribution < -0.4 is 19.5 Å². The predicted molar refractivity (Wildman–Crippen MR) is 111 cm³/mol. The molecule has 4 rings (SSSR count). The molecule has 2 aliphatic heterocycles. The van der Waals surface area contributed by atoms with Crippen molar-refractivity contribution < 1.29 is 27.4 Å². The number of halogens is 1. The van der Waals surface area contributed by atoms with Crippen LogP contribution in [-0.4, -0.2) is 45.6 Å². The van der Waals surface area contributed by atoms with E-state index in [9.17, 15) is 13.2 Å². The molecule has 0 unspecified atom stereocenters. The summed E-state index contributed by atoms with van der Waals surface area (Å²) in [6.45, 7) is 0.597. The Morgan fingerprint density at radius 2 is 2.00 bits per heavy atom. The van der Waals surface area contributed by atoms with Crippen molar-refractivity contribution in [1.29, 1.82) is 0 Å². The first-order chi connectivity index (χ1) is 14.4. The molecule has 10 heteroatoms.